The van der Waals surface area contributed by atoms with Crippen molar-refractivity contribution in [1.29, 1.82) is 0 Å². The molecular formula is C13H15N3O3S. The number of H-pyrrole nitrogens is 1. The molecular weight excluding hydrogens is 278 g/mol. The normalized spacial score (nSPS) is 22.4. The van der Waals surface area contributed by atoms with Crippen molar-refractivity contribution < 1.29 is 15.0 Å². The second-order valence-electron chi connectivity index (χ2n) is 4.90. The molecule has 1 saturated heterocycles. The summed E-state index contributed by atoms with van der Waals surface area (Å²) in [5.41, 5.74) is 2.13. The number of likely N-dealkylation sites (tertiary alicyclic amines) is 1. The molecule has 0 aliphatic carbocycles. The molecule has 0 radical (unpaired) electrons. The Morgan fingerprint density at radius 2 is 2.15 bits per heavy atom. The summed E-state index contributed by atoms with van der Waals surface area (Å²) in [5, 5.41) is 21.9. The molecule has 0 unspecified atom stereocenters. The molecule has 0 bridgehead atoms. The second-order valence-corrected chi connectivity index (χ2v) is 5.96. The van der Waals surface area contributed by atoms with E-state index in [0.717, 1.165) is 16.3 Å². The smallest absolute Gasteiger partial charge is 0.270 e. The number of aliphatic hydroxyl groups is 2. The highest BCUT2D eigenvalue weighted by Crippen LogP contribution is 2.23. The van der Waals surface area contributed by atoms with Crippen molar-refractivity contribution in [2.75, 3.05) is 13.1 Å². The summed E-state index contributed by atoms with van der Waals surface area (Å²) < 4.78 is 0. The van der Waals surface area contributed by atoms with Gasteiger partial charge in [-0.1, -0.05) is 0 Å². The topological polar surface area (TPSA) is 89.5 Å². The van der Waals surface area contributed by atoms with Gasteiger partial charge in [-0.15, -0.1) is 11.3 Å². The lowest BCUT2D eigenvalue weighted by molar-refractivity contribution is 0.0572. The highest BCUT2D eigenvalue weighted by atomic mass is 32.1. The van der Waals surface area contributed by atoms with Gasteiger partial charge in [0.1, 0.15) is 5.69 Å². The van der Waals surface area contributed by atoms with E-state index in [-0.39, 0.29) is 19.0 Å². The van der Waals surface area contributed by atoms with Crippen LogP contribution in [-0.2, 0) is 0 Å². The predicted octanol–water partition coefficient (Wildman–Crippen LogP) is 0.624. The summed E-state index contributed by atoms with van der Waals surface area (Å²) in [6.07, 6.45) is 0.00846. The monoisotopic (exact) mass is 293 g/mol. The van der Waals surface area contributed by atoms with Crippen LogP contribution < -0.4 is 0 Å². The number of hydrogen-bond donors (Lipinski definition) is 3. The number of aromatic nitrogens is 2. The predicted molar refractivity (Wildman–Crippen MR) is 74.6 cm³/mol. The first-order chi connectivity index (χ1) is 9.54. The highest BCUT2D eigenvalue weighted by molar-refractivity contribution is 7.09. The molecule has 106 valence electrons. The third kappa shape index (κ3) is 2.35. The van der Waals surface area contributed by atoms with Crippen LogP contribution in [0.25, 0.3) is 11.3 Å². The van der Waals surface area contributed by atoms with E-state index < -0.39 is 12.2 Å². The third-order valence-corrected chi connectivity index (χ3v) is 4.15. The van der Waals surface area contributed by atoms with E-state index in [2.05, 4.69) is 9.97 Å². The zero-order chi connectivity index (χ0) is 14.3. The minimum atomic E-state index is -0.866. The summed E-state index contributed by atoms with van der Waals surface area (Å²) in [6.45, 7) is 2.24. The quantitative estimate of drug-likeness (QED) is 0.757. The molecule has 0 spiro atoms. The van der Waals surface area contributed by atoms with Crippen molar-refractivity contribution in [2.45, 2.75) is 19.1 Å². The van der Waals surface area contributed by atoms with Crippen LogP contribution in [0.4, 0.5) is 0 Å². The summed E-state index contributed by atoms with van der Waals surface area (Å²) in [5.74, 6) is -0.223. The lowest BCUT2D eigenvalue weighted by Gasteiger charge is -2.13. The maximum absolute atomic E-state index is 12.2. The lowest BCUT2D eigenvalue weighted by atomic mass is 10.2. The molecule has 0 aromatic carbocycles. The molecule has 1 aliphatic heterocycles. The molecule has 20 heavy (non-hydrogen) atoms. The number of hydrogen-bond acceptors (Lipinski definition) is 5. The summed E-state index contributed by atoms with van der Waals surface area (Å²) in [4.78, 5) is 21.0. The van der Waals surface area contributed by atoms with Crippen LogP contribution in [0, 0.1) is 6.92 Å². The van der Waals surface area contributed by atoms with Gasteiger partial charge in [-0.05, 0) is 13.0 Å². The van der Waals surface area contributed by atoms with Gasteiger partial charge in [0.25, 0.3) is 5.91 Å². The Morgan fingerprint density at radius 1 is 1.45 bits per heavy atom. The van der Waals surface area contributed by atoms with Crippen LogP contribution in [0.1, 0.15) is 15.5 Å². The maximum atomic E-state index is 12.2. The van der Waals surface area contributed by atoms with E-state index in [1.165, 1.54) is 4.90 Å². The molecule has 2 aromatic heterocycles. The van der Waals surface area contributed by atoms with Crippen LogP contribution in [0.5, 0.6) is 0 Å². The van der Waals surface area contributed by atoms with E-state index in [9.17, 15) is 15.0 Å². The van der Waals surface area contributed by atoms with Crippen LogP contribution >= 0.6 is 11.3 Å². The summed E-state index contributed by atoms with van der Waals surface area (Å²) in [6, 6.07) is 1.74. The van der Waals surface area contributed by atoms with Crippen molar-refractivity contribution in [1.82, 2.24) is 14.9 Å². The van der Waals surface area contributed by atoms with Crippen LogP contribution in [0.3, 0.4) is 0 Å². The van der Waals surface area contributed by atoms with E-state index in [4.69, 9.17) is 0 Å². The number of carbonyl (C=O) groups is 1. The van der Waals surface area contributed by atoms with E-state index in [1.807, 2.05) is 12.3 Å². The SMILES string of the molecule is Cc1nc(-c2c[nH]c(C(=O)N3C[C@@H](O)[C@@H](O)C3)c2)cs1. The molecule has 1 fully saturated rings. The number of aromatic amines is 1. The number of aliphatic hydroxyl groups excluding tert-OH is 2. The number of rotatable bonds is 2. The van der Waals surface area contributed by atoms with Crippen molar-refractivity contribution in [3.05, 3.63) is 28.3 Å². The molecule has 6 nitrogen and oxygen atoms in total. The number of thiazole rings is 1. The first-order valence-electron chi connectivity index (χ1n) is 6.31. The number of β-amino-alcohol motifs (C(OH)–C–C–N with tert-alkyl or cyclic N) is 2. The van der Waals surface area contributed by atoms with Gasteiger partial charge >= 0.3 is 0 Å². The molecule has 0 saturated carbocycles. The van der Waals surface area contributed by atoms with E-state index in [1.54, 1.807) is 23.6 Å². The minimum absolute atomic E-state index is 0.157. The first kappa shape index (κ1) is 13.3. The maximum Gasteiger partial charge on any atom is 0.270 e. The van der Waals surface area contributed by atoms with Gasteiger partial charge in [-0.2, -0.15) is 0 Å². The Labute approximate surface area is 119 Å². The number of nitrogens with one attached hydrogen (secondary N) is 1. The van der Waals surface area contributed by atoms with Crippen LogP contribution in [0.2, 0.25) is 0 Å². The largest absolute Gasteiger partial charge is 0.388 e. The lowest BCUT2D eigenvalue weighted by Crippen LogP contribution is -2.30. The fourth-order valence-electron chi connectivity index (χ4n) is 2.27. The molecule has 7 heteroatoms. The summed E-state index contributed by atoms with van der Waals surface area (Å²) in [7, 11) is 0. The number of aryl methyl sites for hydroxylation is 1. The third-order valence-electron chi connectivity index (χ3n) is 3.37. The van der Waals surface area contributed by atoms with Gasteiger partial charge < -0.3 is 20.1 Å². The molecule has 3 heterocycles. The van der Waals surface area contributed by atoms with Gasteiger partial charge in [-0.25, -0.2) is 4.98 Å². The zero-order valence-electron chi connectivity index (χ0n) is 10.9. The Balaban J connectivity index is 1.78. The molecule has 1 amide bonds. The summed E-state index contributed by atoms with van der Waals surface area (Å²) >= 11 is 1.56. The van der Waals surface area contributed by atoms with E-state index in [0.29, 0.717) is 5.69 Å². The fourth-order valence-corrected chi connectivity index (χ4v) is 2.89. The fraction of sp³-hybridized carbons (Fsp3) is 0.385. The van der Waals surface area contributed by atoms with Crippen molar-refractivity contribution >= 4 is 17.2 Å². The highest BCUT2D eigenvalue weighted by Gasteiger charge is 2.33. The zero-order valence-corrected chi connectivity index (χ0v) is 11.7. The minimum Gasteiger partial charge on any atom is -0.388 e. The van der Waals surface area contributed by atoms with Gasteiger partial charge in [0, 0.05) is 30.2 Å². The van der Waals surface area contributed by atoms with Gasteiger partial charge in [0.15, 0.2) is 0 Å². The molecule has 3 N–H and O–H groups in total. The number of amides is 1. The molecule has 1 aliphatic rings. The average molecular weight is 293 g/mol. The number of nitrogens with zero attached hydrogens (tertiary/aromatic N) is 2. The molecule has 2 atom stereocenters. The van der Waals surface area contributed by atoms with Crippen LogP contribution in [0.15, 0.2) is 17.6 Å². The average Bonchev–Trinajstić information content (AvgIpc) is 3.10. The van der Waals surface area contributed by atoms with Crippen molar-refractivity contribution in [2.24, 2.45) is 0 Å². The standard InChI is InChI=1S/C13H15N3O3S/c1-7-15-10(6-20-7)8-2-9(14-3-8)13(19)16-4-11(17)12(18)5-16/h2-3,6,11-12,14,17-18H,4-5H2,1H3/t11-,12+. The van der Waals surface area contributed by atoms with Crippen molar-refractivity contribution in [3.8, 4) is 11.3 Å². The Morgan fingerprint density at radius 3 is 2.75 bits per heavy atom. The Hall–Kier alpha value is -1.70. The van der Waals surface area contributed by atoms with Gasteiger partial charge in [0.05, 0.1) is 22.9 Å². The Bertz CT molecular complexity index is 626. The molecule has 2 aromatic rings. The number of carbonyl (C=O) groups excluding carboxylic acids is 1. The van der Waals surface area contributed by atoms with Crippen LogP contribution in [-0.4, -0.2) is 56.3 Å². The molecule has 3 rings (SSSR count). The second kappa shape index (κ2) is 5.01. The Kier molecular flexibility index (Phi) is 3.33. The van der Waals surface area contributed by atoms with Crippen molar-refractivity contribution in [3.63, 3.8) is 0 Å². The first-order valence-corrected chi connectivity index (χ1v) is 7.19. The van der Waals surface area contributed by atoms with Gasteiger partial charge in [0.2, 0.25) is 0 Å². The van der Waals surface area contributed by atoms with E-state index >= 15 is 0 Å². The van der Waals surface area contributed by atoms with Gasteiger partial charge in [-0.3, -0.25) is 4.79 Å².